The number of carbonyl (C=O) groups is 2. The molecule has 4 aromatic rings. The number of methoxy groups -OCH3 is 1. The van der Waals surface area contributed by atoms with Crippen LogP contribution in [0.4, 0.5) is 0 Å². The van der Waals surface area contributed by atoms with Crippen LogP contribution in [-0.2, 0) is 17.6 Å². The van der Waals surface area contributed by atoms with Crippen LogP contribution in [0.2, 0.25) is 10.0 Å². The largest absolute Gasteiger partial charge is 0.496 e. The summed E-state index contributed by atoms with van der Waals surface area (Å²) < 4.78 is 13.2. The first kappa shape index (κ1) is 28.2. The number of ether oxygens (including phenoxy) is 2. The molecule has 0 saturated carbocycles. The smallest absolute Gasteiger partial charge is 0.275 e. The van der Waals surface area contributed by atoms with E-state index in [0.717, 1.165) is 27.9 Å². The fourth-order valence-electron chi connectivity index (χ4n) is 5.94. The topological polar surface area (TPSA) is 113 Å². The molecule has 0 spiro atoms. The Morgan fingerprint density at radius 3 is 2.36 bits per heavy atom. The zero-order chi connectivity index (χ0) is 29.7. The fourth-order valence-corrected chi connectivity index (χ4v) is 6.45. The number of aromatic nitrogens is 3. The summed E-state index contributed by atoms with van der Waals surface area (Å²) in [4.78, 5) is 32.1. The SMILES string of the molecule is COc1cc2c(cc1-c1cncc(C(N)=O)c1)-c1c(c(C(=O)N3[C@@H](C)COC[C@@H]3C)nn1-c1cc(Cl)cc(Cl)c1)CC2. The molecule has 6 rings (SSSR count). The molecule has 2 atom stereocenters. The van der Waals surface area contributed by atoms with E-state index in [2.05, 4.69) is 4.98 Å². The molecule has 3 heterocycles. The zero-order valence-electron chi connectivity index (χ0n) is 23.4. The lowest BCUT2D eigenvalue weighted by Crippen LogP contribution is -2.52. The van der Waals surface area contributed by atoms with E-state index < -0.39 is 5.91 Å². The van der Waals surface area contributed by atoms with Crippen LogP contribution in [0.15, 0.2) is 48.8 Å². The molecular formula is C31H29Cl2N5O4. The number of carbonyl (C=O) groups excluding carboxylic acids is 2. The van der Waals surface area contributed by atoms with Gasteiger partial charge >= 0.3 is 0 Å². The van der Waals surface area contributed by atoms with E-state index in [1.165, 1.54) is 6.20 Å². The minimum absolute atomic E-state index is 0.0977. The second-order valence-electron chi connectivity index (χ2n) is 10.7. The third-order valence-electron chi connectivity index (χ3n) is 7.84. The molecule has 2 aromatic carbocycles. The monoisotopic (exact) mass is 605 g/mol. The van der Waals surface area contributed by atoms with Gasteiger partial charge in [-0.1, -0.05) is 23.2 Å². The lowest BCUT2D eigenvalue weighted by Gasteiger charge is -2.38. The maximum atomic E-state index is 14.1. The summed E-state index contributed by atoms with van der Waals surface area (Å²) in [6.07, 6.45) is 4.37. The number of hydrogen-bond acceptors (Lipinski definition) is 6. The van der Waals surface area contributed by atoms with Gasteiger partial charge in [0.1, 0.15) is 5.75 Å². The molecule has 9 nitrogen and oxygen atoms in total. The Hall–Kier alpha value is -3.92. The van der Waals surface area contributed by atoms with Crippen LogP contribution in [-0.4, -0.2) is 63.9 Å². The molecule has 0 unspecified atom stereocenters. The fraction of sp³-hybridized carbons (Fsp3) is 0.290. The van der Waals surface area contributed by atoms with Gasteiger partial charge in [0.15, 0.2) is 5.69 Å². The van der Waals surface area contributed by atoms with E-state index in [1.54, 1.807) is 42.3 Å². The van der Waals surface area contributed by atoms with Gasteiger partial charge < -0.3 is 20.1 Å². The molecule has 42 heavy (non-hydrogen) atoms. The van der Waals surface area contributed by atoms with Gasteiger partial charge in [-0.25, -0.2) is 4.68 Å². The Morgan fingerprint density at radius 2 is 1.69 bits per heavy atom. The van der Waals surface area contributed by atoms with Crippen LogP contribution in [0, 0.1) is 0 Å². The predicted molar refractivity (Wildman–Crippen MR) is 161 cm³/mol. The van der Waals surface area contributed by atoms with Crippen LogP contribution < -0.4 is 10.5 Å². The number of benzene rings is 2. The first-order chi connectivity index (χ1) is 20.2. The highest BCUT2D eigenvalue weighted by molar-refractivity contribution is 6.34. The quantitative estimate of drug-likeness (QED) is 0.327. The zero-order valence-corrected chi connectivity index (χ0v) is 24.9. The van der Waals surface area contributed by atoms with E-state index in [9.17, 15) is 9.59 Å². The van der Waals surface area contributed by atoms with Crippen molar-refractivity contribution in [2.24, 2.45) is 5.73 Å². The lowest BCUT2D eigenvalue weighted by atomic mass is 9.86. The summed E-state index contributed by atoms with van der Waals surface area (Å²) in [5.41, 5.74) is 11.8. The van der Waals surface area contributed by atoms with Crippen molar-refractivity contribution in [2.45, 2.75) is 38.8 Å². The second-order valence-corrected chi connectivity index (χ2v) is 11.6. The molecule has 2 aliphatic rings. The van der Waals surface area contributed by atoms with Gasteiger partial charge in [-0.05, 0) is 68.7 Å². The highest BCUT2D eigenvalue weighted by Gasteiger charge is 2.36. The normalized spacial score (nSPS) is 17.9. The molecule has 1 aliphatic carbocycles. The van der Waals surface area contributed by atoms with Crippen molar-refractivity contribution in [1.29, 1.82) is 0 Å². The minimum Gasteiger partial charge on any atom is -0.496 e. The highest BCUT2D eigenvalue weighted by Crippen LogP contribution is 2.43. The number of rotatable bonds is 5. The first-order valence-electron chi connectivity index (χ1n) is 13.6. The average Bonchev–Trinajstić information content (AvgIpc) is 3.36. The summed E-state index contributed by atoms with van der Waals surface area (Å²) in [7, 11) is 1.60. The Morgan fingerprint density at radius 1 is 0.976 bits per heavy atom. The van der Waals surface area contributed by atoms with Gasteiger partial charge in [0, 0.05) is 44.7 Å². The summed E-state index contributed by atoms with van der Waals surface area (Å²) in [5.74, 6) is -0.0871. The molecule has 11 heteroatoms. The number of morpholine rings is 1. The predicted octanol–water partition coefficient (Wildman–Crippen LogP) is 5.36. The minimum atomic E-state index is -0.575. The molecule has 0 bridgehead atoms. The number of aryl methyl sites for hydroxylation is 1. The first-order valence-corrected chi connectivity index (χ1v) is 14.4. The van der Waals surface area contributed by atoms with Gasteiger partial charge in [-0.3, -0.25) is 14.6 Å². The van der Waals surface area contributed by atoms with Crippen molar-refractivity contribution in [3.8, 4) is 33.8 Å². The summed E-state index contributed by atoms with van der Waals surface area (Å²) >= 11 is 12.8. The molecule has 2 N–H and O–H groups in total. The molecule has 1 saturated heterocycles. The third-order valence-corrected chi connectivity index (χ3v) is 8.28. The lowest BCUT2D eigenvalue weighted by molar-refractivity contribution is -0.0253. The Labute approximate surface area is 253 Å². The number of primary amides is 1. The van der Waals surface area contributed by atoms with Crippen LogP contribution >= 0.6 is 23.2 Å². The maximum absolute atomic E-state index is 14.1. The Balaban J connectivity index is 1.59. The standard InChI is InChI=1S/C31H29Cl2N5O4/c1-16-14-42-15-17(2)37(16)31(40)28-24-5-4-18-7-27(41-3)25(19-6-20(30(34)39)13-35-12-19)11-26(18)29(24)38(36-28)23-9-21(32)8-22(33)10-23/h6-13,16-17H,4-5,14-15H2,1-3H3,(H2,34,39)/t16-,17-/m0/s1. The maximum Gasteiger partial charge on any atom is 0.275 e. The molecule has 2 amide bonds. The van der Waals surface area contributed by atoms with Crippen molar-refractivity contribution in [3.05, 3.63) is 81.2 Å². The van der Waals surface area contributed by atoms with E-state index in [4.69, 9.17) is 43.5 Å². The van der Waals surface area contributed by atoms with Crippen molar-refractivity contribution < 1.29 is 19.1 Å². The van der Waals surface area contributed by atoms with E-state index in [-0.39, 0.29) is 23.6 Å². The molecule has 216 valence electrons. The Kier molecular flexibility index (Phi) is 7.43. The number of amides is 2. The number of nitrogens with zero attached hydrogens (tertiary/aromatic N) is 4. The van der Waals surface area contributed by atoms with Crippen LogP contribution in [0.5, 0.6) is 5.75 Å². The van der Waals surface area contributed by atoms with Gasteiger partial charge in [0.05, 0.1) is 49.4 Å². The number of halogens is 2. The van der Waals surface area contributed by atoms with Crippen LogP contribution in [0.3, 0.4) is 0 Å². The van der Waals surface area contributed by atoms with Crippen LogP contribution in [0.25, 0.3) is 28.1 Å². The second kappa shape index (κ2) is 11.1. The van der Waals surface area contributed by atoms with E-state index in [0.29, 0.717) is 58.8 Å². The molecule has 1 fully saturated rings. The molecule has 0 radical (unpaired) electrons. The van der Waals surface area contributed by atoms with Crippen molar-refractivity contribution in [1.82, 2.24) is 19.7 Å². The molecule has 2 aromatic heterocycles. The summed E-state index contributed by atoms with van der Waals surface area (Å²) in [5, 5.41) is 5.83. The third kappa shape index (κ3) is 4.91. The average molecular weight is 607 g/mol. The van der Waals surface area contributed by atoms with E-state index in [1.807, 2.05) is 30.9 Å². The number of pyridine rings is 1. The van der Waals surface area contributed by atoms with Gasteiger partial charge in [-0.2, -0.15) is 5.10 Å². The Bertz CT molecular complexity index is 1710. The number of nitrogens with two attached hydrogens (primary N) is 1. The van der Waals surface area contributed by atoms with Gasteiger partial charge in [-0.15, -0.1) is 0 Å². The molecule has 1 aliphatic heterocycles. The highest BCUT2D eigenvalue weighted by atomic mass is 35.5. The van der Waals surface area contributed by atoms with Crippen LogP contribution in [0.1, 0.15) is 45.8 Å². The van der Waals surface area contributed by atoms with Crippen molar-refractivity contribution in [2.75, 3.05) is 20.3 Å². The van der Waals surface area contributed by atoms with Crippen molar-refractivity contribution in [3.63, 3.8) is 0 Å². The summed E-state index contributed by atoms with van der Waals surface area (Å²) in [6.45, 7) is 4.90. The summed E-state index contributed by atoms with van der Waals surface area (Å²) in [6, 6.07) is 10.7. The van der Waals surface area contributed by atoms with Gasteiger partial charge in [0.2, 0.25) is 5.91 Å². The number of hydrogen-bond donors (Lipinski definition) is 1. The number of fused-ring (bicyclic) bond motifs is 3. The molecular weight excluding hydrogens is 577 g/mol. The van der Waals surface area contributed by atoms with E-state index >= 15 is 0 Å². The van der Waals surface area contributed by atoms with Gasteiger partial charge in [0.25, 0.3) is 5.91 Å². The van der Waals surface area contributed by atoms with Crippen molar-refractivity contribution >= 4 is 35.0 Å².